The van der Waals surface area contributed by atoms with Crippen LogP contribution in [0.15, 0.2) is 48.5 Å². The molecule has 2 aromatic rings. The van der Waals surface area contributed by atoms with Gasteiger partial charge in [0.25, 0.3) is 0 Å². The average Bonchev–Trinajstić information content (AvgIpc) is 2.67. The number of rotatable bonds is 2. The highest BCUT2D eigenvalue weighted by atomic mass is 19.1. The van der Waals surface area contributed by atoms with Gasteiger partial charge in [0.1, 0.15) is 23.2 Å². The molecule has 0 heterocycles. The van der Waals surface area contributed by atoms with Crippen molar-refractivity contribution >= 4 is 11.6 Å². The zero-order chi connectivity index (χ0) is 16.4. The zero-order valence-electron chi connectivity index (χ0n) is 12.5. The first-order valence-electron chi connectivity index (χ1n) is 7.57. The zero-order valence-corrected chi connectivity index (χ0v) is 12.5. The summed E-state index contributed by atoms with van der Waals surface area (Å²) >= 11 is 0. The summed E-state index contributed by atoms with van der Waals surface area (Å²) in [7, 11) is 0. The molecule has 0 bridgehead atoms. The van der Waals surface area contributed by atoms with Crippen LogP contribution >= 0.6 is 0 Å². The number of hydrogen-bond donors (Lipinski definition) is 0. The van der Waals surface area contributed by atoms with Crippen molar-refractivity contribution in [1.82, 2.24) is 0 Å². The fraction of sp³-hybridized carbons (Fsp3) is 0.263. The highest BCUT2D eigenvalue weighted by Crippen LogP contribution is 2.41. The van der Waals surface area contributed by atoms with Crippen molar-refractivity contribution < 1.29 is 18.4 Å². The maximum atomic E-state index is 13.2. The van der Waals surface area contributed by atoms with Crippen LogP contribution in [-0.2, 0) is 9.59 Å². The Morgan fingerprint density at radius 1 is 0.652 bits per heavy atom. The molecular formula is C19H16F2O2. The number of halogens is 2. The SMILES string of the molecule is O=C1CC(=O)C[C@@H](c2ccc(F)cc2)[C@@H](c2ccc(F)cc2)C1. The van der Waals surface area contributed by atoms with Crippen LogP contribution in [0.3, 0.4) is 0 Å². The van der Waals surface area contributed by atoms with Gasteiger partial charge in [-0.15, -0.1) is 0 Å². The van der Waals surface area contributed by atoms with Crippen molar-refractivity contribution in [2.45, 2.75) is 31.1 Å². The number of ketones is 2. The topological polar surface area (TPSA) is 34.1 Å². The van der Waals surface area contributed by atoms with E-state index in [4.69, 9.17) is 0 Å². The minimum Gasteiger partial charge on any atom is -0.299 e. The molecule has 2 nitrogen and oxygen atoms in total. The van der Waals surface area contributed by atoms with Gasteiger partial charge in [-0.05, 0) is 47.2 Å². The van der Waals surface area contributed by atoms with E-state index in [1.807, 2.05) is 0 Å². The van der Waals surface area contributed by atoms with Gasteiger partial charge in [-0.3, -0.25) is 9.59 Å². The van der Waals surface area contributed by atoms with E-state index in [0.717, 1.165) is 11.1 Å². The van der Waals surface area contributed by atoms with E-state index < -0.39 is 0 Å². The highest BCUT2D eigenvalue weighted by Gasteiger charge is 2.33. The van der Waals surface area contributed by atoms with Gasteiger partial charge < -0.3 is 0 Å². The highest BCUT2D eigenvalue weighted by molar-refractivity contribution is 6.00. The molecule has 1 aliphatic carbocycles. The van der Waals surface area contributed by atoms with Crippen LogP contribution in [0.4, 0.5) is 8.78 Å². The molecule has 0 N–H and O–H groups in total. The molecular weight excluding hydrogens is 298 g/mol. The Labute approximate surface area is 133 Å². The molecule has 1 saturated carbocycles. The molecule has 4 heteroatoms. The summed E-state index contributed by atoms with van der Waals surface area (Å²) in [6, 6.07) is 12.0. The molecule has 23 heavy (non-hydrogen) atoms. The summed E-state index contributed by atoms with van der Waals surface area (Å²) < 4.78 is 26.3. The molecule has 0 aromatic heterocycles. The molecule has 0 radical (unpaired) electrons. The van der Waals surface area contributed by atoms with Gasteiger partial charge in [0.05, 0.1) is 6.42 Å². The molecule has 2 atom stereocenters. The molecule has 1 fully saturated rings. The van der Waals surface area contributed by atoms with Crippen molar-refractivity contribution in [3.05, 3.63) is 71.3 Å². The Bertz CT molecular complexity index is 657. The third kappa shape index (κ3) is 3.52. The first-order chi connectivity index (χ1) is 11.0. The fourth-order valence-corrected chi connectivity index (χ4v) is 3.26. The number of hydrogen-bond acceptors (Lipinski definition) is 2. The lowest BCUT2D eigenvalue weighted by Gasteiger charge is -2.25. The van der Waals surface area contributed by atoms with Crippen LogP contribution < -0.4 is 0 Å². The summed E-state index contributed by atoms with van der Waals surface area (Å²) in [6.07, 6.45) is 0.411. The van der Waals surface area contributed by atoms with Crippen LogP contribution in [0.25, 0.3) is 0 Å². The van der Waals surface area contributed by atoms with Gasteiger partial charge >= 0.3 is 0 Å². The molecule has 0 spiro atoms. The molecule has 0 saturated heterocycles. The molecule has 0 amide bonds. The standard InChI is InChI=1S/C19H16F2O2/c20-14-5-1-12(2-6-14)18-10-16(22)9-17(23)11-19(18)13-3-7-15(21)8-4-13/h1-8,18-19H,9-11H2/t18-,19+. The van der Waals surface area contributed by atoms with E-state index in [-0.39, 0.29) is 54.3 Å². The van der Waals surface area contributed by atoms with Gasteiger partial charge in [-0.1, -0.05) is 24.3 Å². The Hall–Kier alpha value is -2.36. The molecule has 2 aromatic carbocycles. The van der Waals surface area contributed by atoms with Crippen LogP contribution in [0.2, 0.25) is 0 Å². The first kappa shape index (κ1) is 15.5. The van der Waals surface area contributed by atoms with E-state index in [2.05, 4.69) is 0 Å². The van der Waals surface area contributed by atoms with Crippen LogP contribution in [0.1, 0.15) is 42.2 Å². The number of carbonyl (C=O) groups excluding carboxylic acids is 2. The van der Waals surface area contributed by atoms with E-state index in [9.17, 15) is 18.4 Å². The second-order valence-corrected chi connectivity index (χ2v) is 5.98. The van der Waals surface area contributed by atoms with Crippen LogP contribution in [-0.4, -0.2) is 11.6 Å². The van der Waals surface area contributed by atoms with Gasteiger partial charge in [-0.25, -0.2) is 8.78 Å². The lowest BCUT2D eigenvalue weighted by Crippen LogP contribution is -2.13. The Kier molecular flexibility index (Phi) is 4.33. The fourth-order valence-electron chi connectivity index (χ4n) is 3.26. The van der Waals surface area contributed by atoms with Gasteiger partial charge in [0.2, 0.25) is 0 Å². The number of Topliss-reactive ketones (excluding diaryl/α,β-unsaturated/α-hetero) is 2. The lowest BCUT2D eigenvalue weighted by atomic mass is 9.78. The third-order valence-corrected chi connectivity index (χ3v) is 4.37. The van der Waals surface area contributed by atoms with Crippen molar-refractivity contribution in [1.29, 1.82) is 0 Å². The number of carbonyl (C=O) groups is 2. The Balaban J connectivity index is 2.02. The quantitative estimate of drug-likeness (QED) is 0.616. The predicted molar refractivity (Wildman–Crippen MR) is 82.1 cm³/mol. The van der Waals surface area contributed by atoms with E-state index in [1.165, 1.54) is 24.3 Å². The van der Waals surface area contributed by atoms with Crippen molar-refractivity contribution in [2.24, 2.45) is 0 Å². The second-order valence-electron chi connectivity index (χ2n) is 5.98. The minimum atomic E-state index is -0.344. The van der Waals surface area contributed by atoms with Gasteiger partial charge in [-0.2, -0.15) is 0 Å². The van der Waals surface area contributed by atoms with Crippen molar-refractivity contribution in [2.75, 3.05) is 0 Å². The third-order valence-electron chi connectivity index (χ3n) is 4.37. The number of benzene rings is 2. The summed E-state index contributed by atoms with van der Waals surface area (Å²) in [6.45, 7) is 0. The second kappa shape index (κ2) is 6.41. The minimum absolute atomic E-state index is 0.0601. The van der Waals surface area contributed by atoms with Crippen LogP contribution in [0, 0.1) is 11.6 Å². The monoisotopic (exact) mass is 314 g/mol. The summed E-state index contributed by atoms with van der Waals surface area (Å²) in [5.41, 5.74) is 1.65. The summed E-state index contributed by atoms with van der Waals surface area (Å²) in [5.74, 6) is -1.31. The smallest absolute Gasteiger partial charge is 0.140 e. The molecule has 0 aliphatic heterocycles. The Morgan fingerprint density at radius 2 is 1.00 bits per heavy atom. The van der Waals surface area contributed by atoms with E-state index in [1.54, 1.807) is 24.3 Å². The normalized spacial score (nSPS) is 22.0. The average molecular weight is 314 g/mol. The molecule has 1 aliphatic rings. The Morgan fingerprint density at radius 3 is 1.35 bits per heavy atom. The predicted octanol–water partition coefficient (Wildman–Crippen LogP) is 4.15. The lowest BCUT2D eigenvalue weighted by molar-refractivity contribution is -0.126. The summed E-state index contributed by atoms with van der Waals surface area (Å²) in [4.78, 5) is 24.0. The van der Waals surface area contributed by atoms with Gasteiger partial charge in [0.15, 0.2) is 0 Å². The maximum Gasteiger partial charge on any atom is 0.140 e. The largest absolute Gasteiger partial charge is 0.299 e. The van der Waals surface area contributed by atoms with Crippen molar-refractivity contribution in [3.8, 4) is 0 Å². The molecule has 118 valence electrons. The van der Waals surface area contributed by atoms with Gasteiger partial charge in [0, 0.05) is 12.8 Å². The summed E-state index contributed by atoms with van der Waals surface area (Å²) in [5, 5.41) is 0. The molecule has 3 rings (SSSR count). The van der Waals surface area contributed by atoms with E-state index in [0.29, 0.717) is 0 Å². The van der Waals surface area contributed by atoms with E-state index >= 15 is 0 Å². The maximum absolute atomic E-state index is 13.2. The van der Waals surface area contributed by atoms with Crippen molar-refractivity contribution in [3.63, 3.8) is 0 Å². The van der Waals surface area contributed by atoms with Crippen LogP contribution in [0.5, 0.6) is 0 Å². The molecule has 0 unspecified atom stereocenters. The first-order valence-corrected chi connectivity index (χ1v) is 7.57.